The Kier molecular flexibility index (Phi) is 5.12. The summed E-state index contributed by atoms with van der Waals surface area (Å²) >= 11 is 3.24. The van der Waals surface area contributed by atoms with E-state index in [0.29, 0.717) is 10.0 Å². The van der Waals surface area contributed by atoms with Crippen LogP contribution in [0.1, 0.15) is 11.1 Å². The van der Waals surface area contributed by atoms with Gasteiger partial charge in [-0.2, -0.15) is 0 Å². The van der Waals surface area contributed by atoms with Gasteiger partial charge in [-0.3, -0.25) is 0 Å². The summed E-state index contributed by atoms with van der Waals surface area (Å²) in [5, 5.41) is 3.43. The number of hydrogen-bond donors (Lipinski definition) is 0. The molecule has 2 nitrogen and oxygen atoms in total. The Morgan fingerprint density at radius 3 is 2.05 bits per heavy atom. The van der Waals surface area contributed by atoms with Crippen molar-refractivity contribution >= 4 is 22.1 Å². The molecule has 2 rings (SSSR count). The monoisotopic (exact) mass is 379 g/mol. The molecule has 0 bridgehead atoms. The Labute approximate surface area is 130 Å². The molecular formula is C14H7BrF5NO. The van der Waals surface area contributed by atoms with Gasteiger partial charge in [0.1, 0.15) is 6.61 Å². The number of hydrogen-bond acceptors (Lipinski definition) is 2. The van der Waals surface area contributed by atoms with Crippen molar-refractivity contribution < 1.29 is 26.8 Å². The quantitative estimate of drug-likeness (QED) is 0.248. The van der Waals surface area contributed by atoms with Gasteiger partial charge in [0.2, 0.25) is 5.82 Å². The Morgan fingerprint density at radius 1 is 0.909 bits per heavy atom. The van der Waals surface area contributed by atoms with Crippen LogP contribution in [0.15, 0.2) is 33.9 Å². The van der Waals surface area contributed by atoms with Crippen molar-refractivity contribution in [3.05, 3.63) is 69.0 Å². The average molecular weight is 380 g/mol. The fourth-order valence-electron chi connectivity index (χ4n) is 1.55. The number of oxime groups is 1. The fraction of sp³-hybridized carbons (Fsp3) is 0.0714. The van der Waals surface area contributed by atoms with Gasteiger partial charge in [0.15, 0.2) is 23.3 Å². The number of halogens is 6. The van der Waals surface area contributed by atoms with Gasteiger partial charge in [-0.15, -0.1) is 0 Å². The van der Waals surface area contributed by atoms with Gasteiger partial charge in [0.05, 0.1) is 11.8 Å². The van der Waals surface area contributed by atoms with Crippen LogP contribution in [0.4, 0.5) is 22.0 Å². The zero-order valence-electron chi connectivity index (χ0n) is 10.7. The second kappa shape index (κ2) is 6.87. The molecule has 116 valence electrons. The SMILES string of the molecule is Fc1c(F)c(F)c(CON=Cc2ccccc2Br)c(F)c1F. The summed E-state index contributed by atoms with van der Waals surface area (Å²) in [6.45, 7) is -0.896. The summed E-state index contributed by atoms with van der Waals surface area (Å²) in [6, 6.07) is 6.88. The maximum atomic E-state index is 13.4. The third-order valence-electron chi connectivity index (χ3n) is 2.68. The minimum atomic E-state index is -2.21. The molecule has 0 saturated carbocycles. The highest BCUT2D eigenvalue weighted by atomic mass is 79.9. The first-order valence-corrected chi connectivity index (χ1v) is 6.63. The third-order valence-corrected chi connectivity index (χ3v) is 3.40. The maximum Gasteiger partial charge on any atom is 0.200 e. The number of rotatable bonds is 4. The van der Waals surface area contributed by atoms with Crippen molar-refractivity contribution in [2.75, 3.05) is 0 Å². The molecule has 0 radical (unpaired) electrons. The van der Waals surface area contributed by atoms with Gasteiger partial charge < -0.3 is 4.84 Å². The molecule has 2 aromatic rings. The van der Waals surface area contributed by atoms with Crippen molar-refractivity contribution in [1.82, 2.24) is 0 Å². The first-order valence-electron chi connectivity index (χ1n) is 5.83. The first kappa shape index (κ1) is 16.4. The van der Waals surface area contributed by atoms with Crippen LogP contribution < -0.4 is 0 Å². The van der Waals surface area contributed by atoms with E-state index in [4.69, 9.17) is 0 Å². The zero-order valence-corrected chi connectivity index (χ0v) is 12.3. The molecule has 0 spiro atoms. The first-order chi connectivity index (χ1) is 10.4. The van der Waals surface area contributed by atoms with Crippen molar-refractivity contribution in [3.8, 4) is 0 Å². The molecule has 22 heavy (non-hydrogen) atoms. The zero-order chi connectivity index (χ0) is 16.3. The smallest absolute Gasteiger partial charge is 0.200 e. The number of nitrogens with zero attached hydrogens (tertiary/aromatic N) is 1. The lowest BCUT2D eigenvalue weighted by atomic mass is 10.2. The molecule has 0 amide bonds. The molecule has 8 heteroatoms. The molecule has 0 atom stereocenters. The Balaban J connectivity index is 2.15. The lowest BCUT2D eigenvalue weighted by molar-refractivity contribution is 0.124. The van der Waals surface area contributed by atoms with Crippen LogP contribution in [0.2, 0.25) is 0 Å². The van der Waals surface area contributed by atoms with Crippen molar-refractivity contribution in [2.45, 2.75) is 6.61 Å². The van der Waals surface area contributed by atoms with E-state index in [9.17, 15) is 22.0 Å². The molecule has 0 aliphatic rings. The summed E-state index contributed by atoms with van der Waals surface area (Å²) < 4.78 is 66.2. The second-order valence-electron chi connectivity index (χ2n) is 4.08. The summed E-state index contributed by atoms with van der Waals surface area (Å²) in [5.74, 6) is -10.1. The molecule has 0 fully saturated rings. The number of benzene rings is 2. The lowest BCUT2D eigenvalue weighted by Gasteiger charge is -2.06. The molecular weight excluding hydrogens is 373 g/mol. The van der Waals surface area contributed by atoms with Crippen molar-refractivity contribution in [1.29, 1.82) is 0 Å². The van der Waals surface area contributed by atoms with Crippen LogP contribution in [0.3, 0.4) is 0 Å². The standard InChI is InChI=1S/C14H7BrF5NO/c15-9-4-2-1-3-7(9)5-21-22-6-8-10(16)12(18)14(20)13(19)11(8)17/h1-5H,6H2. The Hall–Kier alpha value is -1.96. The lowest BCUT2D eigenvalue weighted by Crippen LogP contribution is -2.07. The topological polar surface area (TPSA) is 21.6 Å². The molecule has 0 aliphatic carbocycles. The Morgan fingerprint density at radius 2 is 1.45 bits per heavy atom. The molecule has 2 aromatic carbocycles. The van der Waals surface area contributed by atoms with Crippen LogP contribution in [-0.2, 0) is 11.4 Å². The van der Waals surface area contributed by atoms with Gasteiger partial charge in [0.25, 0.3) is 0 Å². The van der Waals surface area contributed by atoms with Crippen molar-refractivity contribution in [2.24, 2.45) is 5.16 Å². The minimum absolute atomic E-state index is 0.611. The summed E-state index contributed by atoms with van der Waals surface area (Å²) in [7, 11) is 0. The molecule has 0 aromatic heterocycles. The highest BCUT2D eigenvalue weighted by Crippen LogP contribution is 2.23. The summed E-state index contributed by atoms with van der Waals surface area (Å²) in [4.78, 5) is 4.60. The Bertz CT molecular complexity index is 706. The van der Waals surface area contributed by atoms with Gasteiger partial charge in [-0.25, -0.2) is 22.0 Å². The van der Waals surface area contributed by atoms with Gasteiger partial charge >= 0.3 is 0 Å². The summed E-state index contributed by atoms with van der Waals surface area (Å²) in [6.07, 6.45) is 1.23. The van der Waals surface area contributed by atoms with Crippen LogP contribution in [0, 0.1) is 29.1 Å². The van der Waals surface area contributed by atoms with E-state index in [-0.39, 0.29) is 0 Å². The molecule has 0 aliphatic heterocycles. The van der Waals surface area contributed by atoms with Crippen LogP contribution in [0.5, 0.6) is 0 Å². The van der Waals surface area contributed by atoms with Crippen LogP contribution in [-0.4, -0.2) is 6.21 Å². The molecule has 0 saturated heterocycles. The third kappa shape index (κ3) is 3.27. The van der Waals surface area contributed by atoms with E-state index < -0.39 is 41.3 Å². The van der Waals surface area contributed by atoms with E-state index in [2.05, 4.69) is 25.9 Å². The highest BCUT2D eigenvalue weighted by molar-refractivity contribution is 9.10. The highest BCUT2D eigenvalue weighted by Gasteiger charge is 2.25. The van der Waals surface area contributed by atoms with E-state index in [1.165, 1.54) is 6.21 Å². The van der Waals surface area contributed by atoms with Crippen LogP contribution in [0.25, 0.3) is 0 Å². The molecule has 0 unspecified atom stereocenters. The van der Waals surface area contributed by atoms with Gasteiger partial charge in [-0.1, -0.05) is 39.3 Å². The average Bonchev–Trinajstić information content (AvgIpc) is 2.52. The van der Waals surface area contributed by atoms with Crippen molar-refractivity contribution in [3.63, 3.8) is 0 Å². The van der Waals surface area contributed by atoms with E-state index in [1.807, 2.05) is 0 Å². The molecule has 0 heterocycles. The van der Waals surface area contributed by atoms with Crippen LogP contribution >= 0.6 is 15.9 Å². The molecule has 0 N–H and O–H groups in total. The largest absolute Gasteiger partial charge is 0.391 e. The predicted molar refractivity (Wildman–Crippen MR) is 72.8 cm³/mol. The normalized spacial score (nSPS) is 11.2. The maximum absolute atomic E-state index is 13.4. The van der Waals surface area contributed by atoms with E-state index in [0.717, 1.165) is 0 Å². The summed E-state index contributed by atoms with van der Waals surface area (Å²) in [5.41, 5.74) is -0.472. The minimum Gasteiger partial charge on any atom is -0.391 e. The fourth-order valence-corrected chi connectivity index (χ4v) is 1.94. The predicted octanol–water partition coefficient (Wildman–Crippen LogP) is 4.70. The second-order valence-corrected chi connectivity index (χ2v) is 4.93. The van der Waals surface area contributed by atoms with E-state index >= 15 is 0 Å². The van der Waals surface area contributed by atoms with E-state index in [1.54, 1.807) is 24.3 Å². The van der Waals surface area contributed by atoms with Gasteiger partial charge in [0, 0.05) is 10.0 Å². The van der Waals surface area contributed by atoms with Gasteiger partial charge in [-0.05, 0) is 6.07 Å².